The molecule has 0 saturated heterocycles. The number of anilines is 1. The SMILES string of the molecule is COc1ccc2c(n1)CCN2. The molecule has 0 fully saturated rings. The van der Waals surface area contributed by atoms with Crippen LogP contribution in [-0.4, -0.2) is 18.6 Å². The van der Waals surface area contributed by atoms with Crippen LogP contribution in [0, 0.1) is 0 Å². The molecule has 0 amide bonds. The molecule has 1 aliphatic heterocycles. The van der Waals surface area contributed by atoms with Crippen LogP contribution in [0.3, 0.4) is 0 Å². The van der Waals surface area contributed by atoms with Gasteiger partial charge in [0, 0.05) is 19.0 Å². The molecule has 0 spiro atoms. The van der Waals surface area contributed by atoms with Gasteiger partial charge in [0.2, 0.25) is 5.88 Å². The van der Waals surface area contributed by atoms with Gasteiger partial charge >= 0.3 is 0 Å². The highest BCUT2D eigenvalue weighted by Gasteiger charge is 2.11. The highest BCUT2D eigenvalue weighted by atomic mass is 16.5. The van der Waals surface area contributed by atoms with Gasteiger partial charge in [-0.1, -0.05) is 0 Å². The Morgan fingerprint density at radius 2 is 2.45 bits per heavy atom. The van der Waals surface area contributed by atoms with E-state index in [9.17, 15) is 0 Å². The van der Waals surface area contributed by atoms with Gasteiger partial charge in [-0.15, -0.1) is 0 Å². The summed E-state index contributed by atoms with van der Waals surface area (Å²) in [7, 11) is 1.64. The average molecular weight is 150 g/mol. The Morgan fingerprint density at radius 1 is 1.55 bits per heavy atom. The lowest BCUT2D eigenvalue weighted by Gasteiger charge is -2.00. The van der Waals surface area contributed by atoms with E-state index >= 15 is 0 Å². The van der Waals surface area contributed by atoms with E-state index in [2.05, 4.69) is 10.3 Å². The Kier molecular flexibility index (Phi) is 1.42. The number of nitrogens with zero attached hydrogens (tertiary/aromatic N) is 1. The first-order valence-electron chi connectivity index (χ1n) is 3.68. The van der Waals surface area contributed by atoms with Crippen molar-refractivity contribution in [1.29, 1.82) is 0 Å². The summed E-state index contributed by atoms with van der Waals surface area (Å²) in [5, 5.41) is 3.23. The number of fused-ring (bicyclic) bond motifs is 1. The summed E-state index contributed by atoms with van der Waals surface area (Å²) >= 11 is 0. The van der Waals surface area contributed by atoms with E-state index in [0.29, 0.717) is 5.88 Å². The Labute approximate surface area is 65.4 Å². The van der Waals surface area contributed by atoms with E-state index in [1.54, 1.807) is 7.11 Å². The number of aromatic nitrogens is 1. The van der Waals surface area contributed by atoms with Crippen LogP contribution in [0.4, 0.5) is 5.69 Å². The van der Waals surface area contributed by atoms with E-state index in [1.807, 2.05) is 12.1 Å². The highest BCUT2D eigenvalue weighted by molar-refractivity contribution is 5.53. The molecular formula is C8H10N2O. The molecule has 0 aliphatic carbocycles. The van der Waals surface area contributed by atoms with Gasteiger partial charge < -0.3 is 10.1 Å². The second kappa shape index (κ2) is 2.42. The van der Waals surface area contributed by atoms with Crippen molar-refractivity contribution in [3.63, 3.8) is 0 Å². The molecule has 3 heteroatoms. The van der Waals surface area contributed by atoms with Gasteiger partial charge in [0.05, 0.1) is 18.5 Å². The number of ether oxygens (including phenoxy) is 1. The van der Waals surface area contributed by atoms with Crippen molar-refractivity contribution < 1.29 is 4.74 Å². The maximum atomic E-state index is 5.00. The van der Waals surface area contributed by atoms with E-state index < -0.39 is 0 Å². The number of hydrogen-bond acceptors (Lipinski definition) is 3. The van der Waals surface area contributed by atoms with Gasteiger partial charge in [-0.2, -0.15) is 0 Å². The minimum absolute atomic E-state index is 0.701. The molecule has 2 heterocycles. The number of methoxy groups -OCH3 is 1. The van der Waals surface area contributed by atoms with Crippen LogP contribution >= 0.6 is 0 Å². The number of pyridine rings is 1. The molecule has 0 saturated carbocycles. The van der Waals surface area contributed by atoms with Crippen LogP contribution in [-0.2, 0) is 6.42 Å². The van der Waals surface area contributed by atoms with Crippen molar-refractivity contribution in [2.75, 3.05) is 19.0 Å². The smallest absolute Gasteiger partial charge is 0.213 e. The van der Waals surface area contributed by atoms with Crippen LogP contribution in [0.5, 0.6) is 5.88 Å². The van der Waals surface area contributed by atoms with E-state index in [1.165, 1.54) is 0 Å². The Morgan fingerprint density at radius 3 is 3.27 bits per heavy atom. The Balaban J connectivity index is 2.41. The first-order chi connectivity index (χ1) is 5.40. The molecule has 0 atom stereocenters. The molecule has 1 aliphatic rings. The maximum absolute atomic E-state index is 5.00. The normalized spacial score (nSPS) is 13.9. The molecule has 0 aromatic carbocycles. The van der Waals surface area contributed by atoms with Gasteiger partial charge in [-0.3, -0.25) is 0 Å². The molecule has 3 nitrogen and oxygen atoms in total. The first-order valence-corrected chi connectivity index (χ1v) is 3.68. The molecule has 58 valence electrons. The van der Waals surface area contributed by atoms with E-state index in [0.717, 1.165) is 24.3 Å². The van der Waals surface area contributed by atoms with Gasteiger partial charge in [0.25, 0.3) is 0 Å². The van der Waals surface area contributed by atoms with E-state index in [-0.39, 0.29) is 0 Å². The fourth-order valence-corrected chi connectivity index (χ4v) is 1.26. The van der Waals surface area contributed by atoms with Crippen molar-refractivity contribution in [3.8, 4) is 5.88 Å². The average Bonchev–Trinajstić information content (AvgIpc) is 2.50. The van der Waals surface area contributed by atoms with Crippen LogP contribution in [0.15, 0.2) is 12.1 Å². The zero-order valence-corrected chi connectivity index (χ0v) is 6.42. The summed E-state index contributed by atoms with van der Waals surface area (Å²) < 4.78 is 5.00. The lowest BCUT2D eigenvalue weighted by molar-refractivity contribution is 0.397. The predicted octanol–water partition coefficient (Wildman–Crippen LogP) is 1.06. The summed E-state index contributed by atoms with van der Waals surface area (Å²) in [5.74, 6) is 0.701. The van der Waals surface area contributed by atoms with Gasteiger partial charge in [0.1, 0.15) is 0 Å². The zero-order valence-electron chi connectivity index (χ0n) is 6.42. The van der Waals surface area contributed by atoms with Crippen LogP contribution in [0.2, 0.25) is 0 Å². The monoisotopic (exact) mass is 150 g/mol. The van der Waals surface area contributed by atoms with Crippen molar-refractivity contribution in [3.05, 3.63) is 17.8 Å². The molecule has 1 aromatic heterocycles. The largest absolute Gasteiger partial charge is 0.481 e. The zero-order chi connectivity index (χ0) is 7.68. The van der Waals surface area contributed by atoms with Crippen molar-refractivity contribution in [2.45, 2.75) is 6.42 Å². The Bertz CT molecular complexity index is 273. The second-order valence-corrected chi connectivity index (χ2v) is 2.52. The third kappa shape index (κ3) is 1.02. The number of rotatable bonds is 1. The topological polar surface area (TPSA) is 34.1 Å². The summed E-state index contributed by atoms with van der Waals surface area (Å²) in [6, 6.07) is 3.88. The molecular weight excluding hydrogens is 140 g/mol. The standard InChI is InChI=1S/C8H10N2O/c1-11-8-3-2-6-7(10-8)4-5-9-6/h2-3,9H,4-5H2,1H3. The molecule has 0 bridgehead atoms. The Hall–Kier alpha value is -1.25. The molecule has 2 rings (SSSR count). The molecule has 1 N–H and O–H groups in total. The van der Waals surface area contributed by atoms with Crippen LogP contribution < -0.4 is 10.1 Å². The first kappa shape index (κ1) is 6.46. The van der Waals surface area contributed by atoms with Crippen LogP contribution in [0.25, 0.3) is 0 Å². The van der Waals surface area contributed by atoms with Gasteiger partial charge in [-0.25, -0.2) is 4.98 Å². The van der Waals surface area contributed by atoms with E-state index in [4.69, 9.17) is 4.74 Å². The molecule has 11 heavy (non-hydrogen) atoms. The quantitative estimate of drug-likeness (QED) is 0.650. The number of hydrogen-bond donors (Lipinski definition) is 1. The third-order valence-electron chi connectivity index (χ3n) is 1.84. The summed E-state index contributed by atoms with van der Waals surface area (Å²) in [6.45, 7) is 0.996. The maximum Gasteiger partial charge on any atom is 0.213 e. The molecule has 0 unspecified atom stereocenters. The molecule has 0 radical (unpaired) electrons. The minimum atomic E-state index is 0.701. The van der Waals surface area contributed by atoms with Gasteiger partial charge in [0.15, 0.2) is 0 Å². The second-order valence-electron chi connectivity index (χ2n) is 2.52. The third-order valence-corrected chi connectivity index (χ3v) is 1.84. The molecule has 1 aromatic rings. The van der Waals surface area contributed by atoms with Crippen LogP contribution in [0.1, 0.15) is 5.69 Å². The lowest BCUT2D eigenvalue weighted by atomic mass is 10.3. The highest BCUT2D eigenvalue weighted by Crippen LogP contribution is 2.22. The van der Waals surface area contributed by atoms with Crippen molar-refractivity contribution in [1.82, 2.24) is 4.98 Å². The fraction of sp³-hybridized carbons (Fsp3) is 0.375. The summed E-state index contributed by atoms with van der Waals surface area (Å²) in [6.07, 6.45) is 1.01. The van der Waals surface area contributed by atoms with Crippen molar-refractivity contribution in [2.24, 2.45) is 0 Å². The lowest BCUT2D eigenvalue weighted by Crippen LogP contribution is -1.90. The predicted molar refractivity (Wildman–Crippen MR) is 43.0 cm³/mol. The number of nitrogens with one attached hydrogen (secondary N) is 1. The minimum Gasteiger partial charge on any atom is -0.481 e. The fourth-order valence-electron chi connectivity index (χ4n) is 1.26. The summed E-state index contributed by atoms with van der Waals surface area (Å²) in [4.78, 5) is 4.29. The van der Waals surface area contributed by atoms with Gasteiger partial charge in [-0.05, 0) is 6.07 Å². The summed E-state index contributed by atoms with van der Waals surface area (Å²) in [5.41, 5.74) is 2.26. The van der Waals surface area contributed by atoms with Crippen molar-refractivity contribution >= 4 is 5.69 Å².